The Hall–Kier alpha value is -1.75. The monoisotopic (exact) mass is 364 g/mol. The molecule has 0 bridgehead atoms. The second kappa shape index (κ2) is 7.31. The highest BCUT2D eigenvalue weighted by Crippen LogP contribution is 2.32. The van der Waals surface area contributed by atoms with Gasteiger partial charge in [-0.15, -0.1) is 13.2 Å². The van der Waals surface area contributed by atoms with Crippen LogP contribution in [-0.4, -0.2) is 12.3 Å². The maximum atomic E-state index is 12.1. The molecule has 1 atom stereocenters. The molecule has 1 amide bonds. The third-order valence-electron chi connectivity index (χ3n) is 2.47. The fraction of sp³-hybridized carbons (Fsp3) is 0.385. The van der Waals surface area contributed by atoms with Crippen molar-refractivity contribution in [2.45, 2.75) is 26.1 Å². The fourth-order valence-electron chi connectivity index (χ4n) is 1.56. The number of nitrogens with one attached hydrogen (secondary N) is 1. The maximum Gasteiger partial charge on any atom is 0.573 e. The molecule has 1 N–H and O–H groups in total. The summed E-state index contributed by atoms with van der Waals surface area (Å²) < 4.78 is 40.2. The van der Waals surface area contributed by atoms with E-state index in [2.05, 4.69) is 26.0 Å². The van der Waals surface area contributed by atoms with Crippen LogP contribution >= 0.6 is 15.9 Å². The predicted molar refractivity (Wildman–Crippen MR) is 73.5 cm³/mol. The molecule has 0 heterocycles. The van der Waals surface area contributed by atoms with Gasteiger partial charge in [-0.25, -0.2) is 0 Å². The van der Waals surface area contributed by atoms with Crippen LogP contribution in [0.5, 0.6) is 5.75 Å². The highest BCUT2D eigenvalue weighted by Gasteiger charge is 2.32. The first-order valence-electron chi connectivity index (χ1n) is 6.02. The average Bonchev–Trinajstić information content (AvgIpc) is 2.37. The van der Waals surface area contributed by atoms with Crippen LogP contribution in [0.4, 0.5) is 18.9 Å². The Morgan fingerprint density at radius 3 is 2.67 bits per heavy atom. The Labute approximate surface area is 128 Å². The molecule has 4 nitrogen and oxygen atoms in total. The van der Waals surface area contributed by atoms with Gasteiger partial charge >= 0.3 is 6.36 Å². The van der Waals surface area contributed by atoms with Crippen molar-refractivity contribution in [2.24, 2.45) is 5.92 Å². The molecule has 0 aliphatic carbocycles. The van der Waals surface area contributed by atoms with Gasteiger partial charge in [0.05, 0.1) is 10.5 Å². The number of amides is 1. The van der Waals surface area contributed by atoms with E-state index < -0.39 is 23.9 Å². The highest BCUT2D eigenvalue weighted by molar-refractivity contribution is 9.10. The van der Waals surface area contributed by atoms with E-state index in [1.807, 2.05) is 13.0 Å². The minimum atomic E-state index is -4.79. The van der Waals surface area contributed by atoms with Gasteiger partial charge in [0, 0.05) is 5.69 Å². The number of carbonyl (C=O) groups excluding carboxylic acids is 1. The predicted octanol–water partition coefficient (Wildman–Crippen LogP) is 4.23. The lowest BCUT2D eigenvalue weighted by molar-refractivity contribution is -0.274. The Morgan fingerprint density at radius 1 is 1.52 bits per heavy atom. The molecule has 0 fully saturated rings. The molecular weight excluding hydrogens is 353 g/mol. The molecule has 1 aromatic carbocycles. The number of carbonyl (C=O) groups is 1. The van der Waals surface area contributed by atoms with Crippen molar-refractivity contribution in [2.75, 3.05) is 5.32 Å². The van der Waals surface area contributed by atoms with Crippen molar-refractivity contribution in [3.05, 3.63) is 22.7 Å². The number of hydrogen-bond donors (Lipinski definition) is 1. The molecule has 0 saturated carbocycles. The fourth-order valence-corrected chi connectivity index (χ4v) is 2.02. The molecule has 0 saturated heterocycles. The van der Waals surface area contributed by atoms with Gasteiger partial charge in [0.2, 0.25) is 5.91 Å². The van der Waals surface area contributed by atoms with Gasteiger partial charge in [-0.1, -0.05) is 13.3 Å². The van der Waals surface area contributed by atoms with Gasteiger partial charge in [0.15, 0.2) is 0 Å². The third kappa shape index (κ3) is 5.63. The number of benzene rings is 1. The van der Waals surface area contributed by atoms with Crippen molar-refractivity contribution in [1.29, 1.82) is 5.26 Å². The minimum Gasteiger partial charge on any atom is -0.405 e. The molecule has 0 aliphatic heterocycles. The first kappa shape index (κ1) is 17.3. The molecule has 1 aromatic rings. The molecule has 21 heavy (non-hydrogen) atoms. The summed E-state index contributed by atoms with van der Waals surface area (Å²) in [6.07, 6.45) is -3.70. The number of nitrogens with zero attached hydrogens (tertiary/aromatic N) is 1. The summed E-state index contributed by atoms with van der Waals surface area (Å²) in [6.45, 7) is 1.84. The summed E-state index contributed by atoms with van der Waals surface area (Å²) in [5, 5.41) is 11.3. The molecule has 0 aromatic heterocycles. The molecule has 0 spiro atoms. The van der Waals surface area contributed by atoms with Crippen LogP contribution in [0, 0.1) is 17.2 Å². The van der Waals surface area contributed by atoms with Crippen LogP contribution in [0.3, 0.4) is 0 Å². The van der Waals surface area contributed by atoms with Crippen molar-refractivity contribution in [1.82, 2.24) is 0 Å². The Kier molecular flexibility index (Phi) is 6.03. The Morgan fingerprint density at radius 2 is 2.19 bits per heavy atom. The van der Waals surface area contributed by atoms with Crippen molar-refractivity contribution in [3.63, 3.8) is 0 Å². The Balaban J connectivity index is 2.81. The highest BCUT2D eigenvalue weighted by atomic mass is 79.9. The number of rotatable bonds is 5. The molecule has 1 unspecified atom stereocenters. The number of ether oxygens (including phenoxy) is 1. The van der Waals surface area contributed by atoms with E-state index in [1.165, 1.54) is 12.1 Å². The smallest absolute Gasteiger partial charge is 0.405 e. The SMILES string of the molecule is CCCC(C#N)C(=O)Nc1ccc(OC(F)(F)F)c(Br)c1. The van der Waals surface area contributed by atoms with E-state index in [1.54, 1.807) is 0 Å². The molecule has 8 heteroatoms. The first-order valence-corrected chi connectivity index (χ1v) is 6.82. The number of halogens is 4. The van der Waals surface area contributed by atoms with Gasteiger partial charge in [-0.3, -0.25) is 4.79 Å². The number of anilines is 1. The molecular formula is C13H12BrF3N2O2. The second-order valence-corrected chi connectivity index (χ2v) is 5.01. The van der Waals surface area contributed by atoms with Crippen LogP contribution in [0.15, 0.2) is 22.7 Å². The zero-order valence-corrected chi connectivity index (χ0v) is 12.6. The number of alkyl halides is 3. The second-order valence-electron chi connectivity index (χ2n) is 4.15. The third-order valence-corrected chi connectivity index (χ3v) is 3.09. The summed E-state index contributed by atoms with van der Waals surface area (Å²) in [4.78, 5) is 11.8. The van der Waals surface area contributed by atoms with Gasteiger partial charge < -0.3 is 10.1 Å². The maximum absolute atomic E-state index is 12.1. The van der Waals surface area contributed by atoms with Crippen LogP contribution in [0.25, 0.3) is 0 Å². The standard InChI is InChI=1S/C13H12BrF3N2O2/c1-2-3-8(7-18)12(20)19-9-4-5-11(10(14)6-9)21-13(15,16)17/h4-6,8H,2-3H2,1H3,(H,19,20). The quantitative estimate of drug-likeness (QED) is 0.850. The van der Waals surface area contributed by atoms with E-state index in [0.29, 0.717) is 12.8 Å². The Bertz CT molecular complexity index is 555. The van der Waals surface area contributed by atoms with E-state index in [-0.39, 0.29) is 10.2 Å². The van der Waals surface area contributed by atoms with Gasteiger partial charge in [-0.05, 0) is 40.5 Å². The summed E-state index contributed by atoms with van der Waals surface area (Å²) in [5.74, 6) is -1.69. The van der Waals surface area contributed by atoms with Crippen LogP contribution in [-0.2, 0) is 4.79 Å². The first-order chi connectivity index (χ1) is 9.76. The van der Waals surface area contributed by atoms with E-state index in [4.69, 9.17) is 5.26 Å². The summed E-state index contributed by atoms with van der Waals surface area (Å²) >= 11 is 2.93. The average molecular weight is 365 g/mol. The van der Waals surface area contributed by atoms with Crippen molar-refractivity contribution in [3.8, 4) is 11.8 Å². The number of nitriles is 1. The van der Waals surface area contributed by atoms with E-state index >= 15 is 0 Å². The minimum absolute atomic E-state index is 0.0432. The van der Waals surface area contributed by atoms with E-state index in [9.17, 15) is 18.0 Å². The topological polar surface area (TPSA) is 62.1 Å². The summed E-state index contributed by atoms with van der Waals surface area (Å²) in [7, 11) is 0. The van der Waals surface area contributed by atoms with Crippen molar-refractivity contribution >= 4 is 27.5 Å². The lowest BCUT2D eigenvalue weighted by Crippen LogP contribution is -2.21. The van der Waals surface area contributed by atoms with E-state index in [0.717, 1.165) is 6.07 Å². The molecule has 1 rings (SSSR count). The zero-order chi connectivity index (χ0) is 16.0. The van der Waals surface area contributed by atoms with Crippen molar-refractivity contribution < 1.29 is 22.7 Å². The molecule has 0 radical (unpaired) electrons. The largest absolute Gasteiger partial charge is 0.573 e. The molecule has 114 valence electrons. The van der Waals surface area contributed by atoms with Gasteiger partial charge in [-0.2, -0.15) is 5.26 Å². The summed E-state index contributed by atoms with van der Waals surface area (Å²) in [5.41, 5.74) is 0.276. The van der Waals surface area contributed by atoms with Crippen LogP contribution in [0.2, 0.25) is 0 Å². The molecule has 0 aliphatic rings. The van der Waals surface area contributed by atoms with Gasteiger partial charge in [0.25, 0.3) is 0 Å². The lowest BCUT2D eigenvalue weighted by Gasteiger charge is -2.13. The summed E-state index contributed by atoms with van der Waals surface area (Å²) in [6, 6.07) is 5.51. The van der Waals surface area contributed by atoms with Crippen LogP contribution in [0.1, 0.15) is 19.8 Å². The lowest BCUT2D eigenvalue weighted by atomic mass is 10.0. The normalized spacial score (nSPS) is 12.4. The van der Waals surface area contributed by atoms with Crippen LogP contribution < -0.4 is 10.1 Å². The number of hydrogen-bond acceptors (Lipinski definition) is 3. The zero-order valence-electron chi connectivity index (χ0n) is 11.0. The van der Waals surface area contributed by atoms with Gasteiger partial charge in [0.1, 0.15) is 11.7 Å².